The van der Waals surface area contributed by atoms with Crippen LogP contribution in [0.1, 0.15) is 26.9 Å². The van der Waals surface area contributed by atoms with Crippen molar-refractivity contribution in [2.75, 3.05) is 12.3 Å². The predicted octanol–water partition coefficient (Wildman–Crippen LogP) is 3.79. The Balaban J connectivity index is 1.82. The highest BCUT2D eigenvalue weighted by molar-refractivity contribution is 7.99. The third kappa shape index (κ3) is 3.22. The lowest BCUT2D eigenvalue weighted by atomic mass is 10.1. The molecule has 0 radical (unpaired) electrons. The van der Waals surface area contributed by atoms with Gasteiger partial charge in [0.2, 0.25) is 0 Å². The maximum Gasteiger partial charge on any atom is 0.269 e. The van der Waals surface area contributed by atoms with E-state index in [4.69, 9.17) is 0 Å². The molecule has 1 fully saturated rings. The smallest absolute Gasteiger partial charge is 0.269 e. The molecule has 0 saturated carbocycles. The molecule has 6 heteroatoms. The van der Waals surface area contributed by atoms with E-state index in [9.17, 15) is 14.9 Å². The predicted molar refractivity (Wildman–Crippen MR) is 90.5 cm³/mol. The number of hydrogen-bond donors (Lipinski definition) is 0. The fourth-order valence-electron chi connectivity index (χ4n) is 2.58. The van der Waals surface area contributed by atoms with Crippen molar-refractivity contribution in [3.8, 4) is 0 Å². The lowest BCUT2D eigenvalue weighted by molar-refractivity contribution is -0.384. The lowest BCUT2D eigenvalue weighted by Crippen LogP contribution is -2.30. The van der Waals surface area contributed by atoms with Gasteiger partial charge in [-0.15, -0.1) is 11.8 Å². The SMILES string of the molecule is Cc1ccc([C@@H]2SCCN2C(=O)c2ccc([N+](=O)[O-])cc2)cc1. The zero-order chi connectivity index (χ0) is 16.4. The number of carbonyl (C=O) groups is 1. The van der Waals surface area contributed by atoms with Gasteiger partial charge in [0, 0.05) is 30.0 Å². The molecule has 2 aromatic carbocycles. The van der Waals surface area contributed by atoms with Gasteiger partial charge in [0.1, 0.15) is 5.37 Å². The zero-order valence-corrected chi connectivity index (χ0v) is 13.5. The first-order valence-corrected chi connectivity index (χ1v) is 8.35. The first-order chi connectivity index (χ1) is 11.1. The molecule has 1 amide bonds. The van der Waals surface area contributed by atoms with Crippen LogP contribution in [0, 0.1) is 17.0 Å². The molecule has 1 saturated heterocycles. The number of hydrogen-bond acceptors (Lipinski definition) is 4. The Kier molecular flexibility index (Phi) is 4.34. The van der Waals surface area contributed by atoms with Crippen LogP contribution in [0.25, 0.3) is 0 Å². The van der Waals surface area contributed by atoms with E-state index in [0.717, 1.165) is 11.3 Å². The minimum atomic E-state index is -0.463. The van der Waals surface area contributed by atoms with E-state index in [1.54, 1.807) is 11.8 Å². The number of thioether (sulfide) groups is 1. The van der Waals surface area contributed by atoms with Gasteiger partial charge in [-0.3, -0.25) is 14.9 Å². The number of nitro groups is 1. The van der Waals surface area contributed by atoms with Gasteiger partial charge < -0.3 is 4.90 Å². The van der Waals surface area contributed by atoms with Crippen LogP contribution in [0.15, 0.2) is 48.5 Å². The Morgan fingerprint density at radius 1 is 1.17 bits per heavy atom. The Morgan fingerprint density at radius 2 is 1.83 bits per heavy atom. The summed E-state index contributed by atoms with van der Waals surface area (Å²) in [5.74, 6) is 0.799. The largest absolute Gasteiger partial charge is 0.322 e. The van der Waals surface area contributed by atoms with Gasteiger partial charge in [-0.2, -0.15) is 0 Å². The van der Waals surface area contributed by atoms with Crippen LogP contribution in [-0.2, 0) is 0 Å². The van der Waals surface area contributed by atoms with Crippen LogP contribution in [0.4, 0.5) is 5.69 Å². The number of benzene rings is 2. The van der Waals surface area contributed by atoms with Crippen molar-refractivity contribution in [2.24, 2.45) is 0 Å². The van der Waals surface area contributed by atoms with E-state index in [-0.39, 0.29) is 17.0 Å². The number of non-ortho nitro benzene ring substituents is 1. The highest BCUT2D eigenvalue weighted by atomic mass is 32.2. The molecule has 118 valence electrons. The van der Waals surface area contributed by atoms with Gasteiger partial charge in [-0.25, -0.2) is 0 Å². The van der Waals surface area contributed by atoms with E-state index in [1.165, 1.54) is 29.8 Å². The zero-order valence-electron chi connectivity index (χ0n) is 12.6. The second-order valence-electron chi connectivity index (χ2n) is 5.44. The third-order valence-electron chi connectivity index (χ3n) is 3.84. The van der Waals surface area contributed by atoms with Crippen LogP contribution in [0.5, 0.6) is 0 Å². The Morgan fingerprint density at radius 3 is 2.43 bits per heavy atom. The number of nitrogens with zero attached hydrogens (tertiary/aromatic N) is 2. The van der Waals surface area contributed by atoms with Crippen molar-refractivity contribution in [1.29, 1.82) is 0 Å². The number of aryl methyl sites for hydroxylation is 1. The van der Waals surface area contributed by atoms with Crippen molar-refractivity contribution in [2.45, 2.75) is 12.3 Å². The molecule has 1 aliphatic rings. The third-order valence-corrected chi connectivity index (χ3v) is 5.10. The molecule has 1 aliphatic heterocycles. The van der Waals surface area contributed by atoms with E-state index < -0.39 is 4.92 Å². The molecule has 3 rings (SSSR count). The van der Waals surface area contributed by atoms with Crippen LogP contribution in [0.3, 0.4) is 0 Å². The second kappa shape index (κ2) is 6.42. The summed E-state index contributed by atoms with van der Waals surface area (Å²) in [6, 6.07) is 14.0. The Hall–Kier alpha value is -2.34. The summed E-state index contributed by atoms with van der Waals surface area (Å²) in [6.45, 7) is 2.71. The number of amides is 1. The monoisotopic (exact) mass is 328 g/mol. The standard InChI is InChI=1S/C17H16N2O3S/c1-12-2-4-14(5-3-12)17-18(10-11-23-17)16(20)13-6-8-15(9-7-13)19(21)22/h2-9,17H,10-11H2,1H3/t17-/m0/s1. The molecular formula is C17H16N2O3S. The maximum absolute atomic E-state index is 12.7. The molecule has 0 spiro atoms. The molecule has 1 atom stereocenters. The van der Waals surface area contributed by atoms with Gasteiger partial charge in [0.15, 0.2) is 0 Å². The summed E-state index contributed by atoms with van der Waals surface area (Å²) >= 11 is 1.74. The minimum absolute atomic E-state index is 0.00158. The molecule has 23 heavy (non-hydrogen) atoms. The fraction of sp³-hybridized carbons (Fsp3) is 0.235. The highest BCUT2D eigenvalue weighted by Gasteiger charge is 2.31. The molecule has 0 aromatic heterocycles. The van der Waals surface area contributed by atoms with Crippen LogP contribution in [-0.4, -0.2) is 28.0 Å². The molecular weight excluding hydrogens is 312 g/mol. The molecule has 1 heterocycles. The van der Waals surface area contributed by atoms with E-state index >= 15 is 0 Å². The first kappa shape index (κ1) is 15.6. The quantitative estimate of drug-likeness (QED) is 0.635. The van der Waals surface area contributed by atoms with Crippen molar-refractivity contribution >= 4 is 23.4 Å². The van der Waals surface area contributed by atoms with Crippen LogP contribution >= 0.6 is 11.8 Å². The average molecular weight is 328 g/mol. The molecule has 0 N–H and O–H groups in total. The average Bonchev–Trinajstić information content (AvgIpc) is 3.04. The fourth-order valence-corrected chi connectivity index (χ4v) is 3.83. The second-order valence-corrected chi connectivity index (χ2v) is 6.62. The first-order valence-electron chi connectivity index (χ1n) is 7.30. The summed E-state index contributed by atoms with van der Waals surface area (Å²) in [4.78, 5) is 24.8. The number of carbonyl (C=O) groups excluding carboxylic acids is 1. The number of nitro benzene ring substituents is 1. The highest BCUT2D eigenvalue weighted by Crippen LogP contribution is 2.38. The molecule has 2 aromatic rings. The van der Waals surface area contributed by atoms with Crippen LogP contribution in [0.2, 0.25) is 0 Å². The van der Waals surface area contributed by atoms with Gasteiger partial charge in [0.25, 0.3) is 11.6 Å². The van der Waals surface area contributed by atoms with Crippen LogP contribution < -0.4 is 0 Å². The lowest BCUT2D eigenvalue weighted by Gasteiger charge is -2.24. The van der Waals surface area contributed by atoms with Gasteiger partial charge in [0.05, 0.1) is 4.92 Å². The normalized spacial score (nSPS) is 17.3. The molecule has 0 bridgehead atoms. The summed E-state index contributed by atoms with van der Waals surface area (Å²) < 4.78 is 0. The minimum Gasteiger partial charge on any atom is -0.322 e. The maximum atomic E-state index is 12.7. The summed E-state index contributed by atoms with van der Waals surface area (Å²) in [5.41, 5.74) is 2.76. The van der Waals surface area contributed by atoms with Crippen molar-refractivity contribution < 1.29 is 9.72 Å². The van der Waals surface area contributed by atoms with Gasteiger partial charge >= 0.3 is 0 Å². The van der Waals surface area contributed by atoms with Gasteiger partial charge in [-0.05, 0) is 24.6 Å². The molecule has 0 aliphatic carbocycles. The molecule has 0 unspecified atom stereocenters. The Bertz CT molecular complexity index is 729. The van der Waals surface area contributed by atoms with E-state index in [0.29, 0.717) is 12.1 Å². The summed E-state index contributed by atoms with van der Waals surface area (Å²) in [5, 5.41) is 10.7. The number of rotatable bonds is 3. The van der Waals surface area contributed by atoms with Gasteiger partial charge in [-0.1, -0.05) is 29.8 Å². The Labute approximate surface area is 138 Å². The molecule has 5 nitrogen and oxygen atoms in total. The summed E-state index contributed by atoms with van der Waals surface area (Å²) in [7, 11) is 0. The van der Waals surface area contributed by atoms with E-state index in [1.807, 2.05) is 24.0 Å². The summed E-state index contributed by atoms with van der Waals surface area (Å²) in [6.07, 6.45) is 0. The van der Waals surface area contributed by atoms with E-state index in [2.05, 4.69) is 12.1 Å². The van der Waals surface area contributed by atoms with Crippen molar-refractivity contribution in [3.05, 3.63) is 75.3 Å². The van der Waals surface area contributed by atoms with Crippen molar-refractivity contribution in [1.82, 2.24) is 4.90 Å². The topological polar surface area (TPSA) is 63.5 Å². The van der Waals surface area contributed by atoms with Crippen molar-refractivity contribution in [3.63, 3.8) is 0 Å².